The molecule has 1 saturated heterocycles. The standard InChI is InChI=1S/C21H19F2N3O4S2/c1-13-2-4-15(32(28,29)26-6-8-30-9-7-26)11-16(13)20(27)25-21-24-19(12-31-21)14-3-5-17(22)18(23)10-14/h2-5,10-12H,6-9H2,1H3,(H,24,25,27). The predicted molar refractivity (Wildman–Crippen MR) is 116 cm³/mol. The van der Waals surface area contributed by atoms with E-state index >= 15 is 0 Å². The molecule has 2 aromatic carbocycles. The number of morpholine rings is 1. The number of nitrogens with zero attached hydrogens (tertiary/aromatic N) is 2. The Morgan fingerprint density at radius 1 is 1.12 bits per heavy atom. The van der Waals surface area contributed by atoms with Crippen molar-refractivity contribution in [3.63, 3.8) is 0 Å². The van der Waals surface area contributed by atoms with Crippen LogP contribution in [0.1, 0.15) is 15.9 Å². The van der Waals surface area contributed by atoms with Gasteiger partial charge in [-0.2, -0.15) is 4.31 Å². The Morgan fingerprint density at radius 3 is 2.59 bits per heavy atom. The van der Waals surface area contributed by atoms with Gasteiger partial charge in [-0.3, -0.25) is 10.1 Å². The molecule has 11 heteroatoms. The molecule has 0 bridgehead atoms. The molecule has 0 saturated carbocycles. The Balaban J connectivity index is 1.55. The van der Waals surface area contributed by atoms with E-state index in [0.29, 0.717) is 30.0 Å². The van der Waals surface area contributed by atoms with Crippen LogP contribution in [0.15, 0.2) is 46.7 Å². The second-order valence-corrected chi connectivity index (χ2v) is 9.91. The summed E-state index contributed by atoms with van der Waals surface area (Å²) in [7, 11) is -3.75. The lowest BCUT2D eigenvalue weighted by Gasteiger charge is -2.26. The fraction of sp³-hybridized carbons (Fsp3) is 0.238. The lowest BCUT2D eigenvalue weighted by molar-refractivity contribution is 0.0730. The third-order valence-electron chi connectivity index (χ3n) is 5.00. The normalized spacial score (nSPS) is 15.0. The number of benzene rings is 2. The fourth-order valence-electron chi connectivity index (χ4n) is 3.23. The molecule has 1 aromatic heterocycles. The Labute approximate surface area is 187 Å². The number of amides is 1. The van der Waals surface area contributed by atoms with Crippen LogP contribution in [-0.4, -0.2) is 49.9 Å². The van der Waals surface area contributed by atoms with Crippen molar-refractivity contribution < 1.29 is 26.7 Å². The topological polar surface area (TPSA) is 88.6 Å². The number of ether oxygens (including phenoxy) is 1. The predicted octanol–water partition coefficient (Wildman–Crippen LogP) is 3.67. The Kier molecular flexibility index (Phi) is 6.33. The highest BCUT2D eigenvalue weighted by Crippen LogP contribution is 2.27. The van der Waals surface area contributed by atoms with Crippen molar-refractivity contribution in [2.75, 3.05) is 31.6 Å². The van der Waals surface area contributed by atoms with Crippen LogP contribution in [0, 0.1) is 18.6 Å². The third-order valence-corrected chi connectivity index (χ3v) is 7.65. The summed E-state index contributed by atoms with van der Waals surface area (Å²) in [5.41, 5.74) is 1.55. The van der Waals surface area contributed by atoms with Crippen molar-refractivity contribution in [1.82, 2.24) is 9.29 Å². The van der Waals surface area contributed by atoms with Crippen LogP contribution in [0.25, 0.3) is 11.3 Å². The SMILES string of the molecule is Cc1ccc(S(=O)(=O)N2CCOCC2)cc1C(=O)Nc1nc(-c2ccc(F)c(F)c2)cs1. The van der Waals surface area contributed by atoms with E-state index in [0.717, 1.165) is 23.5 Å². The maximum atomic E-state index is 13.5. The molecule has 0 aliphatic carbocycles. The van der Waals surface area contributed by atoms with Gasteiger partial charge in [0.05, 0.1) is 23.8 Å². The highest BCUT2D eigenvalue weighted by molar-refractivity contribution is 7.89. The van der Waals surface area contributed by atoms with Crippen LogP contribution in [0.2, 0.25) is 0 Å². The summed E-state index contributed by atoms with van der Waals surface area (Å²) >= 11 is 1.12. The number of carbonyl (C=O) groups excluding carboxylic acids is 1. The van der Waals surface area contributed by atoms with Crippen molar-refractivity contribution >= 4 is 32.4 Å². The van der Waals surface area contributed by atoms with E-state index in [1.165, 1.54) is 22.5 Å². The molecular formula is C21H19F2N3O4S2. The first-order valence-corrected chi connectivity index (χ1v) is 12.0. The molecular weight excluding hydrogens is 460 g/mol. The van der Waals surface area contributed by atoms with E-state index in [4.69, 9.17) is 4.74 Å². The van der Waals surface area contributed by atoms with Crippen molar-refractivity contribution in [3.05, 3.63) is 64.5 Å². The molecule has 0 atom stereocenters. The number of carbonyl (C=O) groups is 1. The smallest absolute Gasteiger partial charge is 0.257 e. The number of aryl methyl sites for hydroxylation is 1. The van der Waals surface area contributed by atoms with Gasteiger partial charge in [-0.05, 0) is 42.8 Å². The van der Waals surface area contributed by atoms with Gasteiger partial charge in [0.1, 0.15) is 0 Å². The number of hydrogen-bond donors (Lipinski definition) is 1. The summed E-state index contributed by atoms with van der Waals surface area (Å²) in [6.07, 6.45) is 0. The number of anilines is 1. The highest BCUT2D eigenvalue weighted by atomic mass is 32.2. The second kappa shape index (κ2) is 9.02. The van der Waals surface area contributed by atoms with Crippen molar-refractivity contribution in [3.8, 4) is 11.3 Å². The number of halogens is 2. The van der Waals surface area contributed by atoms with Gasteiger partial charge in [-0.25, -0.2) is 22.2 Å². The summed E-state index contributed by atoms with van der Waals surface area (Å²) < 4.78 is 59.0. The van der Waals surface area contributed by atoms with E-state index in [-0.39, 0.29) is 28.7 Å². The minimum atomic E-state index is -3.75. The zero-order valence-corrected chi connectivity index (χ0v) is 18.6. The van der Waals surface area contributed by atoms with E-state index in [2.05, 4.69) is 10.3 Å². The molecule has 0 unspecified atom stereocenters. The lowest BCUT2D eigenvalue weighted by Crippen LogP contribution is -2.40. The minimum Gasteiger partial charge on any atom is -0.379 e. The van der Waals surface area contributed by atoms with Crippen LogP contribution in [0.5, 0.6) is 0 Å². The van der Waals surface area contributed by atoms with E-state index in [1.807, 2.05) is 0 Å². The van der Waals surface area contributed by atoms with Gasteiger partial charge in [0.15, 0.2) is 16.8 Å². The Bertz CT molecular complexity index is 1270. The first-order valence-electron chi connectivity index (χ1n) is 9.66. The molecule has 32 heavy (non-hydrogen) atoms. The molecule has 3 aromatic rings. The number of hydrogen-bond acceptors (Lipinski definition) is 6. The zero-order valence-electron chi connectivity index (χ0n) is 17.0. The Morgan fingerprint density at radius 2 is 1.88 bits per heavy atom. The molecule has 1 fully saturated rings. The van der Waals surface area contributed by atoms with Gasteiger partial charge < -0.3 is 4.74 Å². The fourth-order valence-corrected chi connectivity index (χ4v) is 5.38. The summed E-state index contributed by atoms with van der Waals surface area (Å²) in [6, 6.07) is 7.83. The molecule has 4 rings (SSSR count). The molecule has 1 aliphatic heterocycles. The highest BCUT2D eigenvalue weighted by Gasteiger charge is 2.27. The van der Waals surface area contributed by atoms with Gasteiger partial charge in [-0.15, -0.1) is 11.3 Å². The Hall–Kier alpha value is -2.73. The minimum absolute atomic E-state index is 0.0248. The molecule has 0 spiro atoms. The molecule has 1 N–H and O–H groups in total. The van der Waals surface area contributed by atoms with Crippen molar-refractivity contribution in [2.24, 2.45) is 0 Å². The molecule has 1 aliphatic rings. The summed E-state index contributed by atoms with van der Waals surface area (Å²) in [4.78, 5) is 17.1. The first kappa shape index (κ1) is 22.5. The molecule has 1 amide bonds. The maximum Gasteiger partial charge on any atom is 0.257 e. The maximum absolute atomic E-state index is 13.5. The molecule has 168 valence electrons. The molecule has 0 radical (unpaired) electrons. The lowest BCUT2D eigenvalue weighted by atomic mass is 10.1. The van der Waals surface area contributed by atoms with Crippen LogP contribution in [-0.2, 0) is 14.8 Å². The summed E-state index contributed by atoms with van der Waals surface area (Å²) in [5.74, 6) is -2.47. The van der Waals surface area contributed by atoms with Gasteiger partial charge in [0.25, 0.3) is 5.91 Å². The number of thiazole rings is 1. The molecule has 7 nitrogen and oxygen atoms in total. The van der Waals surface area contributed by atoms with Crippen molar-refractivity contribution in [1.29, 1.82) is 0 Å². The van der Waals surface area contributed by atoms with Gasteiger partial charge in [0, 0.05) is 29.6 Å². The average Bonchev–Trinajstić information content (AvgIpc) is 3.24. The zero-order chi connectivity index (χ0) is 22.9. The summed E-state index contributed by atoms with van der Waals surface area (Å²) in [5, 5.41) is 4.50. The monoisotopic (exact) mass is 479 g/mol. The third kappa shape index (κ3) is 4.56. The van der Waals surface area contributed by atoms with Gasteiger partial charge >= 0.3 is 0 Å². The number of rotatable bonds is 5. The van der Waals surface area contributed by atoms with Crippen LogP contribution in [0.3, 0.4) is 0 Å². The van der Waals surface area contributed by atoms with E-state index < -0.39 is 27.6 Å². The molecule has 2 heterocycles. The van der Waals surface area contributed by atoms with Gasteiger partial charge in [-0.1, -0.05) is 6.07 Å². The van der Waals surface area contributed by atoms with Crippen LogP contribution >= 0.6 is 11.3 Å². The quantitative estimate of drug-likeness (QED) is 0.603. The first-order chi connectivity index (χ1) is 15.3. The number of sulfonamides is 1. The second-order valence-electron chi connectivity index (χ2n) is 7.11. The summed E-state index contributed by atoms with van der Waals surface area (Å²) in [6.45, 7) is 2.85. The number of aromatic nitrogens is 1. The average molecular weight is 480 g/mol. The van der Waals surface area contributed by atoms with Crippen LogP contribution in [0.4, 0.5) is 13.9 Å². The van der Waals surface area contributed by atoms with E-state index in [1.54, 1.807) is 18.4 Å². The van der Waals surface area contributed by atoms with Crippen molar-refractivity contribution in [2.45, 2.75) is 11.8 Å². The van der Waals surface area contributed by atoms with Gasteiger partial charge in [0.2, 0.25) is 10.0 Å². The number of nitrogens with one attached hydrogen (secondary N) is 1. The van der Waals surface area contributed by atoms with E-state index in [9.17, 15) is 22.0 Å². The van der Waals surface area contributed by atoms with Crippen LogP contribution < -0.4 is 5.32 Å². The largest absolute Gasteiger partial charge is 0.379 e.